The van der Waals surface area contributed by atoms with E-state index >= 15 is 0 Å². The van der Waals surface area contributed by atoms with Gasteiger partial charge in [0.05, 0.1) is 4.90 Å². The number of sulfonamides is 1. The molecule has 1 heterocycles. The van der Waals surface area contributed by atoms with E-state index in [0.29, 0.717) is 24.0 Å². The van der Waals surface area contributed by atoms with Crippen molar-refractivity contribution in [3.05, 3.63) is 78.4 Å². The van der Waals surface area contributed by atoms with Gasteiger partial charge in [-0.05, 0) is 53.6 Å². The predicted octanol–water partition coefficient (Wildman–Crippen LogP) is 2.25. The van der Waals surface area contributed by atoms with Crippen molar-refractivity contribution < 1.29 is 23.1 Å². The molecule has 206 valence electrons. The van der Waals surface area contributed by atoms with Crippen molar-refractivity contribution in [1.82, 2.24) is 14.5 Å². The fraction of sp³-hybridized carbons (Fsp3) is 0.321. The maximum absolute atomic E-state index is 13.9. The standard InChI is InChI=1S/C28H33N5O5S/c29-28(30)32-14-6-9-21(18-32)17-31-27(36)25(15-20-7-2-1-3-8-20)33(19-26(34)35)39(37,38)24-13-12-22-10-4-5-11-23(22)16-24/h1-5,7-8,10-13,16,21,25H,6,9,14-15,17-19H2,(H3,29,30)(H,31,36)(H,34,35)/t21-,25+/m0/s1. The van der Waals surface area contributed by atoms with E-state index in [1.165, 1.54) is 12.1 Å². The van der Waals surface area contributed by atoms with E-state index in [2.05, 4.69) is 5.32 Å². The first-order valence-corrected chi connectivity index (χ1v) is 14.2. The summed E-state index contributed by atoms with van der Waals surface area (Å²) in [5.74, 6) is -1.95. The van der Waals surface area contributed by atoms with E-state index in [4.69, 9.17) is 11.1 Å². The molecule has 11 heteroatoms. The summed E-state index contributed by atoms with van der Waals surface area (Å²) >= 11 is 0. The second-order valence-corrected chi connectivity index (χ2v) is 11.6. The molecule has 2 atom stereocenters. The van der Waals surface area contributed by atoms with Crippen LogP contribution >= 0.6 is 0 Å². The summed E-state index contributed by atoms with van der Waals surface area (Å²) in [5.41, 5.74) is 6.33. The number of rotatable bonds is 10. The van der Waals surface area contributed by atoms with Gasteiger partial charge in [0.2, 0.25) is 15.9 Å². The molecule has 1 saturated heterocycles. The quantitative estimate of drug-likeness (QED) is 0.222. The molecule has 3 aromatic rings. The average Bonchev–Trinajstić information content (AvgIpc) is 2.93. The van der Waals surface area contributed by atoms with Gasteiger partial charge in [-0.3, -0.25) is 15.0 Å². The second-order valence-electron chi connectivity index (χ2n) is 9.74. The lowest BCUT2D eigenvalue weighted by Crippen LogP contribution is -2.53. The first kappa shape index (κ1) is 28.1. The van der Waals surface area contributed by atoms with E-state index in [1.54, 1.807) is 47.4 Å². The number of amides is 1. The second kappa shape index (κ2) is 12.3. The van der Waals surface area contributed by atoms with E-state index in [-0.39, 0.29) is 29.7 Å². The van der Waals surface area contributed by atoms with Crippen LogP contribution in [0.15, 0.2) is 77.7 Å². The number of guanidine groups is 1. The van der Waals surface area contributed by atoms with Crippen molar-refractivity contribution in [3.63, 3.8) is 0 Å². The van der Waals surface area contributed by atoms with Gasteiger partial charge in [-0.2, -0.15) is 4.31 Å². The van der Waals surface area contributed by atoms with E-state index < -0.39 is 34.5 Å². The van der Waals surface area contributed by atoms with Crippen LogP contribution in [0.5, 0.6) is 0 Å². The van der Waals surface area contributed by atoms with E-state index in [0.717, 1.165) is 22.5 Å². The Kier molecular flexibility index (Phi) is 8.82. The van der Waals surface area contributed by atoms with Gasteiger partial charge in [0.1, 0.15) is 12.6 Å². The molecule has 4 rings (SSSR count). The average molecular weight is 552 g/mol. The van der Waals surface area contributed by atoms with Crippen molar-refractivity contribution >= 4 is 38.6 Å². The highest BCUT2D eigenvalue weighted by molar-refractivity contribution is 7.89. The van der Waals surface area contributed by atoms with Gasteiger partial charge in [-0.1, -0.05) is 60.7 Å². The monoisotopic (exact) mass is 551 g/mol. The Labute approximate surface area is 228 Å². The molecule has 5 N–H and O–H groups in total. The van der Waals surface area contributed by atoms with Gasteiger partial charge in [-0.15, -0.1) is 0 Å². The van der Waals surface area contributed by atoms with Crippen LogP contribution < -0.4 is 11.1 Å². The number of nitrogens with zero attached hydrogens (tertiary/aromatic N) is 2. The lowest BCUT2D eigenvalue weighted by Gasteiger charge is -2.34. The van der Waals surface area contributed by atoms with Gasteiger partial charge in [0.25, 0.3) is 0 Å². The molecule has 0 aromatic heterocycles. The summed E-state index contributed by atoms with van der Waals surface area (Å²) < 4.78 is 28.6. The Hall–Kier alpha value is -3.96. The van der Waals surface area contributed by atoms with Gasteiger partial charge in [0.15, 0.2) is 5.96 Å². The minimum absolute atomic E-state index is 0.00297. The number of hydrogen-bond donors (Lipinski definition) is 4. The number of carbonyl (C=O) groups excluding carboxylic acids is 1. The fourth-order valence-electron chi connectivity index (χ4n) is 4.94. The zero-order chi connectivity index (χ0) is 28.0. The van der Waals surface area contributed by atoms with E-state index in [1.807, 2.05) is 18.2 Å². The van der Waals surface area contributed by atoms with Crippen LogP contribution in [0.1, 0.15) is 18.4 Å². The number of carboxylic acids is 1. The van der Waals surface area contributed by atoms with Gasteiger partial charge in [0, 0.05) is 19.6 Å². The summed E-state index contributed by atoms with van der Waals surface area (Å²) in [7, 11) is -4.38. The molecule has 1 aliphatic rings. The summed E-state index contributed by atoms with van der Waals surface area (Å²) in [6.07, 6.45) is 1.63. The van der Waals surface area contributed by atoms with Crippen LogP contribution in [-0.4, -0.2) is 72.8 Å². The Morgan fingerprint density at radius 2 is 1.77 bits per heavy atom. The summed E-state index contributed by atoms with van der Waals surface area (Å²) in [6.45, 7) is 0.562. The van der Waals surface area contributed by atoms with Gasteiger partial charge >= 0.3 is 5.97 Å². The zero-order valence-corrected chi connectivity index (χ0v) is 22.3. The number of nitrogens with one attached hydrogen (secondary N) is 2. The van der Waals surface area contributed by atoms with Gasteiger partial charge in [-0.25, -0.2) is 8.42 Å². The highest BCUT2D eigenvalue weighted by Crippen LogP contribution is 2.25. The minimum atomic E-state index is -4.38. The van der Waals surface area contributed by atoms with Crippen LogP contribution in [0.3, 0.4) is 0 Å². The largest absolute Gasteiger partial charge is 0.480 e. The molecule has 0 radical (unpaired) electrons. The third-order valence-electron chi connectivity index (χ3n) is 6.97. The summed E-state index contributed by atoms with van der Waals surface area (Å²) in [5, 5.41) is 21.8. The molecule has 1 aliphatic heterocycles. The zero-order valence-electron chi connectivity index (χ0n) is 21.5. The number of hydrogen-bond acceptors (Lipinski definition) is 5. The Morgan fingerprint density at radius 1 is 1.08 bits per heavy atom. The number of carbonyl (C=O) groups is 2. The lowest BCUT2D eigenvalue weighted by atomic mass is 9.98. The summed E-state index contributed by atoms with van der Waals surface area (Å²) in [4.78, 5) is 27.2. The molecule has 39 heavy (non-hydrogen) atoms. The molecule has 0 aliphatic carbocycles. The Morgan fingerprint density at radius 3 is 2.46 bits per heavy atom. The van der Waals surface area contributed by atoms with E-state index in [9.17, 15) is 23.1 Å². The maximum Gasteiger partial charge on any atom is 0.318 e. The van der Waals surface area contributed by atoms with Gasteiger partial charge < -0.3 is 21.1 Å². The molecule has 0 spiro atoms. The first-order valence-electron chi connectivity index (χ1n) is 12.8. The summed E-state index contributed by atoms with van der Waals surface area (Å²) in [6, 6.07) is 19.5. The normalized spacial score (nSPS) is 16.6. The Bertz CT molecular complexity index is 1450. The number of aliphatic carboxylic acids is 1. The van der Waals surface area contributed by atoms with Crippen molar-refractivity contribution in [2.24, 2.45) is 11.7 Å². The highest BCUT2D eigenvalue weighted by atomic mass is 32.2. The Balaban J connectivity index is 1.65. The third-order valence-corrected chi connectivity index (χ3v) is 8.82. The van der Waals surface area contributed by atoms with Crippen molar-refractivity contribution in [2.45, 2.75) is 30.2 Å². The number of piperidine rings is 1. The molecule has 0 saturated carbocycles. The number of benzene rings is 3. The van der Waals surface area contributed by atoms with Crippen molar-refractivity contribution in [1.29, 1.82) is 5.41 Å². The number of carboxylic acid groups (broad SMARTS) is 1. The van der Waals surface area contributed by atoms with Crippen molar-refractivity contribution in [2.75, 3.05) is 26.2 Å². The molecule has 0 unspecified atom stereocenters. The maximum atomic E-state index is 13.9. The molecule has 0 bridgehead atoms. The fourth-order valence-corrected chi connectivity index (χ4v) is 6.51. The molecular formula is C28H33N5O5S. The first-order chi connectivity index (χ1) is 18.6. The number of nitrogens with two attached hydrogens (primary N) is 1. The molecule has 1 fully saturated rings. The number of likely N-dealkylation sites (tertiary alicyclic amines) is 1. The van der Waals surface area contributed by atoms with Crippen LogP contribution in [-0.2, 0) is 26.0 Å². The molecular weight excluding hydrogens is 518 g/mol. The minimum Gasteiger partial charge on any atom is -0.480 e. The third kappa shape index (κ3) is 6.92. The van der Waals surface area contributed by atoms with Crippen molar-refractivity contribution in [3.8, 4) is 0 Å². The van der Waals surface area contributed by atoms with Crippen LogP contribution in [0.4, 0.5) is 0 Å². The smallest absolute Gasteiger partial charge is 0.318 e. The SMILES string of the molecule is N=C(N)N1CCC[C@@H](CNC(=O)[C@@H](Cc2ccccc2)N(CC(=O)O)S(=O)(=O)c2ccc3ccccc3c2)C1. The molecule has 3 aromatic carbocycles. The number of fused-ring (bicyclic) bond motifs is 1. The highest BCUT2D eigenvalue weighted by Gasteiger charge is 2.38. The van der Waals surface area contributed by atoms with Crippen LogP contribution in [0.2, 0.25) is 0 Å². The molecule has 10 nitrogen and oxygen atoms in total. The predicted molar refractivity (Wildman–Crippen MR) is 149 cm³/mol. The van der Waals surface area contributed by atoms with Crippen LogP contribution in [0.25, 0.3) is 10.8 Å². The molecule has 1 amide bonds. The lowest BCUT2D eigenvalue weighted by molar-refractivity contribution is -0.138. The van der Waals surface area contributed by atoms with Crippen LogP contribution in [0, 0.1) is 11.3 Å². The topological polar surface area (TPSA) is 157 Å².